The van der Waals surface area contributed by atoms with E-state index in [1.807, 2.05) is 40.7 Å². The van der Waals surface area contributed by atoms with E-state index < -0.39 is 18.0 Å². The quantitative estimate of drug-likeness (QED) is 0.832. The molecule has 0 saturated heterocycles. The largest absolute Gasteiger partial charge is 0.465 e. The number of nitrogens with one attached hydrogen (secondary N) is 1. The van der Waals surface area contributed by atoms with Crippen LogP contribution >= 0.6 is 0 Å². The molecule has 1 aliphatic rings. The molecule has 5 nitrogen and oxygen atoms in total. The van der Waals surface area contributed by atoms with Gasteiger partial charge in [0, 0.05) is 17.7 Å². The van der Waals surface area contributed by atoms with Crippen LogP contribution in [0, 0.1) is 0 Å². The van der Waals surface area contributed by atoms with Crippen molar-refractivity contribution in [1.82, 2.24) is 0 Å². The van der Waals surface area contributed by atoms with Gasteiger partial charge in [-0.2, -0.15) is 0 Å². The minimum absolute atomic E-state index is 0.224. The number of ether oxygens (including phenoxy) is 2. The number of aliphatic hydroxyl groups excluding tert-OH is 1. The standard InChI is InChI=1S/C16H23NO4/c1-15(2,3)21-14(19)17-10-6-7-12-11(8-10)16(4,5)9-13(18)20-12/h6-8,13,18H,9H2,1-5H3,(H,17,19). The highest BCUT2D eigenvalue weighted by atomic mass is 16.6. The van der Waals surface area contributed by atoms with E-state index in [9.17, 15) is 9.90 Å². The number of aliphatic hydroxyl groups is 1. The minimum Gasteiger partial charge on any atom is -0.465 e. The Morgan fingerprint density at radius 3 is 2.71 bits per heavy atom. The van der Waals surface area contributed by atoms with Gasteiger partial charge in [0.1, 0.15) is 11.4 Å². The molecule has 1 aromatic rings. The first kappa shape index (κ1) is 15.6. The average Bonchev–Trinajstić information content (AvgIpc) is 2.26. The summed E-state index contributed by atoms with van der Waals surface area (Å²) < 4.78 is 10.7. The summed E-state index contributed by atoms with van der Waals surface area (Å²) in [5.41, 5.74) is 0.848. The summed E-state index contributed by atoms with van der Waals surface area (Å²) in [5.74, 6) is 0.647. The number of hydrogen-bond donors (Lipinski definition) is 2. The Hall–Kier alpha value is -1.75. The van der Waals surface area contributed by atoms with Gasteiger partial charge in [-0.15, -0.1) is 0 Å². The van der Waals surface area contributed by atoms with Crippen LogP contribution in [0.1, 0.15) is 46.6 Å². The van der Waals surface area contributed by atoms with E-state index in [4.69, 9.17) is 9.47 Å². The molecule has 1 aromatic carbocycles. The zero-order valence-electron chi connectivity index (χ0n) is 13.2. The SMILES string of the molecule is CC(C)(C)OC(=O)Nc1ccc2c(c1)C(C)(C)CC(O)O2. The van der Waals surface area contributed by atoms with E-state index >= 15 is 0 Å². The predicted molar refractivity (Wildman–Crippen MR) is 80.6 cm³/mol. The molecule has 0 aliphatic carbocycles. The van der Waals surface area contributed by atoms with Gasteiger partial charge in [-0.1, -0.05) is 13.8 Å². The Morgan fingerprint density at radius 1 is 1.43 bits per heavy atom. The first-order valence-electron chi connectivity index (χ1n) is 7.06. The van der Waals surface area contributed by atoms with Gasteiger partial charge in [0.15, 0.2) is 6.29 Å². The van der Waals surface area contributed by atoms with Crippen LogP contribution in [0.5, 0.6) is 5.75 Å². The normalized spacial score (nSPS) is 20.2. The molecule has 2 rings (SSSR count). The van der Waals surface area contributed by atoms with Crippen molar-refractivity contribution in [2.24, 2.45) is 0 Å². The predicted octanol–water partition coefficient (Wildman–Crippen LogP) is 3.41. The van der Waals surface area contributed by atoms with Crippen LogP contribution < -0.4 is 10.1 Å². The second kappa shape index (κ2) is 5.22. The summed E-state index contributed by atoms with van der Waals surface area (Å²) in [6.07, 6.45) is -0.773. The molecule has 1 heterocycles. The van der Waals surface area contributed by atoms with Crippen molar-refractivity contribution in [3.05, 3.63) is 23.8 Å². The van der Waals surface area contributed by atoms with Crippen LogP contribution in [0.4, 0.5) is 10.5 Å². The van der Waals surface area contributed by atoms with Crippen molar-refractivity contribution < 1.29 is 19.4 Å². The van der Waals surface area contributed by atoms with Gasteiger partial charge in [-0.25, -0.2) is 4.79 Å². The van der Waals surface area contributed by atoms with Gasteiger partial charge in [-0.3, -0.25) is 5.32 Å². The van der Waals surface area contributed by atoms with Gasteiger partial charge in [0.05, 0.1) is 0 Å². The fourth-order valence-corrected chi connectivity index (χ4v) is 2.40. The Balaban J connectivity index is 2.20. The summed E-state index contributed by atoms with van der Waals surface area (Å²) in [4.78, 5) is 11.8. The first-order valence-corrected chi connectivity index (χ1v) is 7.06. The van der Waals surface area contributed by atoms with Crippen LogP contribution in [0.25, 0.3) is 0 Å². The number of anilines is 1. The number of benzene rings is 1. The van der Waals surface area contributed by atoms with E-state index in [2.05, 4.69) is 5.32 Å². The molecule has 116 valence electrons. The summed E-state index contributed by atoms with van der Waals surface area (Å²) >= 11 is 0. The van der Waals surface area contributed by atoms with Crippen LogP contribution in [-0.2, 0) is 10.2 Å². The summed E-state index contributed by atoms with van der Waals surface area (Å²) in [7, 11) is 0. The van der Waals surface area contributed by atoms with Crippen molar-refractivity contribution in [2.45, 2.75) is 58.3 Å². The first-order chi connectivity index (χ1) is 9.57. The second-order valence-corrected chi connectivity index (χ2v) is 7.00. The number of carbonyl (C=O) groups excluding carboxylic acids is 1. The van der Waals surface area contributed by atoms with Crippen LogP contribution in [0.15, 0.2) is 18.2 Å². The monoisotopic (exact) mass is 293 g/mol. The zero-order valence-corrected chi connectivity index (χ0v) is 13.2. The van der Waals surface area contributed by atoms with Crippen molar-refractivity contribution in [2.75, 3.05) is 5.32 Å². The number of amides is 1. The molecule has 1 unspecified atom stereocenters. The van der Waals surface area contributed by atoms with Crippen LogP contribution in [0.3, 0.4) is 0 Å². The molecule has 0 saturated carbocycles. The van der Waals surface area contributed by atoms with E-state index in [1.165, 1.54) is 0 Å². The Morgan fingerprint density at radius 2 is 2.10 bits per heavy atom. The molecule has 1 aliphatic heterocycles. The Kier molecular flexibility index (Phi) is 3.89. The molecule has 0 radical (unpaired) electrons. The minimum atomic E-state index is -0.794. The van der Waals surface area contributed by atoms with Crippen LogP contribution in [-0.4, -0.2) is 23.1 Å². The van der Waals surface area contributed by atoms with Crippen molar-refractivity contribution in [3.63, 3.8) is 0 Å². The maximum Gasteiger partial charge on any atom is 0.412 e. The topological polar surface area (TPSA) is 67.8 Å². The Bertz CT molecular complexity index is 546. The highest BCUT2D eigenvalue weighted by Crippen LogP contribution is 2.41. The lowest BCUT2D eigenvalue weighted by Crippen LogP contribution is -2.34. The third-order valence-electron chi connectivity index (χ3n) is 3.30. The fourth-order valence-electron chi connectivity index (χ4n) is 2.40. The molecule has 21 heavy (non-hydrogen) atoms. The molecular weight excluding hydrogens is 270 g/mol. The molecule has 1 amide bonds. The van der Waals surface area contributed by atoms with Gasteiger partial charge in [-0.05, 0) is 44.4 Å². The van der Waals surface area contributed by atoms with Crippen molar-refractivity contribution >= 4 is 11.8 Å². The maximum atomic E-state index is 11.8. The van der Waals surface area contributed by atoms with Crippen molar-refractivity contribution in [3.8, 4) is 5.75 Å². The Labute approximate surface area is 125 Å². The number of fused-ring (bicyclic) bond motifs is 1. The van der Waals surface area contributed by atoms with Crippen molar-refractivity contribution in [1.29, 1.82) is 0 Å². The lowest BCUT2D eigenvalue weighted by Gasteiger charge is -2.35. The average molecular weight is 293 g/mol. The molecule has 0 aromatic heterocycles. The lowest BCUT2D eigenvalue weighted by atomic mass is 9.79. The van der Waals surface area contributed by atoms with Crippen LogP contribution in [0.2, 0.25) is 0 Å². The van der Waals surface area contributed by atoms with Gasteiger partial charge in [0.2, 0.25) is 0 Å². The third kappa shape index (κ3) is 3.88. The molecule has 2 N–H and O–H groups in total. The maximum absolute atomic E-state index is 11.8. The van der Waals surface area contributed by atoms with Gasteiger partial charge >= 0.3 is 6.09 Å². The molecule has 5 heteroatoms. The zero-order chi connectivity index (χ0) is 15.8. The third-order valence-corrected chi connectivity index (χ3v) is 3.30. The van der Waals surface area contributed by atoms with E-state index in [0.29, 0.717) is 17.9 Å². The van der Waals surface area contributed by atoms with Gasteiger partial charge < -0.3 is 14.6 Å². The summed E-state index contributed by atoms with van der Waals surface area (Å²) in [6, 6.07) is 5.36. The van der Waals surface area contributed by atoms with Gasteiger partial charge in [0.25, 0.3) is 0 Å². The molecule has 0 fully saturated rings. The number of carbonyl (C=O) groups is 1. The summed E-state index contributed by atoms with van der Waals surface area (Å²) in [5, 5.41) is 12.4. The fraction of sp³-hybridized carbons (Fsp3) is 0.562. The number of rotatable bonds is 1. The second-order valence-electron chi connectivity index (χ2n) is 7.00. The summed E-state index contributed by atoms with van der Waals surface area (Å²) in [6.45, 7) is 9.52. The van der Waals surface area contributed by atoms with E-state index in [-0.39, 0.29) is 5.41 Å². The molecule has 0 bridgehead atoms. The lowest BCUT2D eigenvalue weighted by molar-refractivity contribution is -0.0497. The molecule has 0 spiro atoms. The van der Waals surface area contributed by atoms with E-state index in [1.54, 1.807) is 12.1 Å². The molecular formula is C16H23NO4. The smallest absolute Gasteiger partial charge is 0.412 e. The van der Waals surface area contributed by atoms with E-state index in [0.717, 1.165) is 5.56 Å². The molecule has 1 atom stereocenters. The number of hydrogen-bond acceptors (Lipinski definition) is 4. The highest BCUT2D eigenvalue weighted by Gasteiger charge is 2.33. The highest BCUT2D eigenvalue weighted by molar-refractivity contribution is 5.85.